The van der Waals surface area contributed by atoms with Gasteiger partial charge in [-0.05, 0) is 49.4 Å². The largest absolute Gasteiger partial charge is 0.342 e. The second kappa shape index (κ2) is 8.53. The molecule has 0 radical (unpaired) electrons. The molecule has 0 aromatic heterocycles. The minimum absolute atomic E-state index is 0.280. The van der Waals surface area contributed by atoms with Gasteiger partial charge in [0.05, 0.1) is 0 Å². The molecule has 0 bridgehead atoms. The molecule has 3 rings (SSSR count). The number of carbonyl (C=O) groups is 1. The zero-order chi connectivity index (χ0) is 17.6. The van der Waals surface area contributed by atoms with E-state index in [1.54, 1.807) is 0 Å². The molecule has 0 N–H and O–H groups in total. The van der Waals surface area contributed by atoms with Gasteiger partial charge in [-0.2, -0.15) is 0 Å². The Hall–Kier alpha value is -1.80. The first kappa shape index (κ1) is 18.0. The zero-order valence-electron chi connectivity index (χ0n) is 14.9. The summed E-state index contributed by atoms with van der Waals surface area (Å²) in [5, 5.41) is 0.767. The molecule has 0 aliphatic carbocycles. The first-order valence-electron chi connectivity index (χ1n) is 9.20. The van der Waals surface area contributed by atoms with Crippen LogP contribution < -0.4 is 0 Å². The van der Waals surface area contributed by atoms with Crippen LogP contribution >= 0.6 is 11.6 Å². The molecule has 0 spiro atoms. The quantitative estimate of drug-likeness (QED) is 0.721. The van der Waals surface area contributed by atoms with E-state index in [9.17, 15) is 4.79 Å². The molecule has 132 valence electrons. The number of aryl methyl sites for hydroxylation is 2. The number of rotatable bonds is 4. The molecule has 2 nitrogen and oxygen atoms in total. The number of amides is 1. The van der Waals surface area contributed by atoms with Gasteiger partial charge in [0, 0.05) is 30.5 Å². The summed E-state index contributed by atoms with van der Waals surface area (Å²) in [6, 6.07) is 16.6. The summed E-state index contributed by atoms with van der Waals surface area (Å²) < 4.78 is 0. The Balaban J connectivity index is 1.61. The third kappa shape index (κ3) is 5.09. The summed E-state index contributed by atoms with van der Waals surface area (Å²) in [6.45, 7) is 3.81. The van der Waals surface area contributed by atoms with E-state index in [4.69, 9.17) is 11.6 Å². The average molecular weight is 356 g/mol. The summed E-state index contributed by atoms with van der Waals surface area (Å²) in [4.78, 5) is 14.8. The molecule has 1 unspecified atom stereocenters. The number of nitrogens with zero attached hydrogens (tertiary/aromatic N) is 1. The highest BCUT2D eigenvalue weighted by molar-refractivity contribution is 6.30. The molecule has 1 aliphatic rings. The van der Waals surface area contributed by atoms with E-state index in [2.05, 4.69) is 48.2 Å². The van der Waals surface area contributed by atoms with Crippen molar-refractivity contribution in [3.8, 4) is 0 Å². The first-order valence-corrected chi connectivity index (χ1v) is 9.58. The van der Waals surface area contributed by atoms with Crippen molar-refractivity contribution in [2.45, 2.75) is 44.9 Å². The molecule has 1 fully saturated rings. The molecule has 2 aromatic carbocycles. The van der Waals surface area contributed by atoms with Gasteiger partial charge in [-0.25, -0.2) is 0 Å². The van der Waals surface area contributed by atoms with Crippen molar-refractivity contribution in [1.82, 2.24) is 4.90 Å². The monoisotopic (exact) mass is 355 g/mol. The second-order valence-electron chi connectivity index (χ2n) is 7.07. The zero-order valence-corrected chi connectivity index (χ0v) is 15.6. The van der Waals surface area contributed by atoms with Crippen LogP contribution in [-0.2, 0) is 11.2 Å². The van der Waals surface area contributed by atoms with Gasteiger partial charge in [0.25, 0.3) is 0 Å². The topological polar surface area (TPSA) is 20.3 Å². The lowest BCUT2D eigenvalue weighted by molar-refractivity contribution is -0.131. The van der Waals surface area contributed by atoms with E-state index in [1.165, 1.54) is 23.1 Å². The highest BCUT2D eigenvalue weighted by Crippen LogP contribution is 2.28. The summed E-state index contributed by atoms with van der Waals surface area (Å²) in [6.07, 6.45) is 4.83. The predicted octanol–water partition coefficient (Wildman–Crippen LogP) is 5.38. The number of hydrogen-bond acceptors (Lipinski definition) is 1. The normalized spacial score (nSPS) is 18.0. The molecular formula is C22H26ClNO. The number of hydrogen-bond donors (Lipinski definition) is 0. The molecule has 25 heavy (non-hydrogen) atoms. The van der Waals surface area contributed by atoms with Gasteiger partial charge < -0.3 is 4.90 Å². The lowest BCUT2D eigenvalue weighted by Gasteiger charge is -2.25. The van der Waals surface area contributed by atoms with Crippen molar-refractivity contribution in [1.29, 1.82) is 0 Å². The van der Waals surface area contributed by atoms with Gasteiger partial charge in [0.15, 0.2) is 0 Å². The maximum atomic E-state index is 12.7. The third-order valence-electron chi connectivity index (χ3n) is 5.08. The molecule has 1 saturated heterocycles. The molecule has 1 heterocycles. The highest BCUT2D eigenvalue weighted by Gasteiger charge is 2.22. The van der Waals surface area contributed by atoms with Crippen LogP contribution in [0.2, 0.25) is 5.02 Å². The van der Waals surface area contributed by atoms with Gasteiger partial charge >= 0.3 is 0 Å². The van der Waals surface area contributed by atoms with E-state index < -0.39 is 0 Å². The molecule has 1 atom stereocenters. The SMILES string of the molecule is Cc1cccc(CCC(=O)N2CCCCC(c3ccc(Cl)cc3)C2)c1. The maximum absolute atomic E-state index is 12.7. The Morgan fingerprint density at radius 2 is 1.96 bits per heavy atom. The van der Waals surface area contributed by atoms with Crippen molar-refractivity contribution < 1.29 is 4.79 Å². The number of likely N-dealkylation sites (tertiary alicyclic amines) is 1. The fraction of sp³-hybridized carbons (Fsp3) is 0.409. The van der Waals surface area contributed by atoms with Gasteiger partial charge in [0.1, 0.15) is 0 Å². The van der Waals surface area contributed by atoms with Crippen LogP contribution in [0.15, 0.2) is 48.5 Å². The summed E-state index contributed by atoms with van der Waals surface area (Å²) in [7, 11) is 0. The van der Waals surface area contributed by atoms with Crippen LogP contribution in [0.1, 0.15) is 48.3 Å². The van der Waals surface area contributed by atoms with E-state index in [0.717, 1.165) is 37.4 Å². The minimum Gasteiger partial charge on any atom is -0.342 e. The van der Waals surface area contributed by atoms with Crippen LogP contribution in [0.4, 0.5) is 0 Å². The van der Waals surface area contributed by atoms with Crippen LogP contribution in [0.5, 0.6) is 0 Å². The Morgan fingerprint density at radius 1 is 1.16 bits per heavy atom. The fourth-order valence-corrected chi connectivity index (χ4v) is 3.78. The second-order valence-corrected chi connectivity index (χ2v) is 7.51. The first-order chi connectivity index (χ1) is 12.1. The van der Waals surface area contributed by atoms with Crippen LogP contribution in [-0.4, -0.2) is 23.9 Å². The maximum Gasteiger partial charge on any atom is 0.222 e. The number of halogens is 1. The van der Waals surface area contributed by atoms with Crippen LogP contribution in [0, 0.1) is 6.92 Å². The Bertz CT molecular complexity index is 710. The lowest BCUT2D eigenvalue weighted by atomic mass is 9.94. The Morgan fingerprint density at radius 3 is 2.72 bits per heavy atom. The van der Waals surface area contributed by atoms with Gasteiger partial charge in [-0.3, -0.25) is 4.79 Å². The van der Waals surface area contributed by atoms with Crippen molar-refractivity contribution in [2.24, 2.45) is 0 Å². The standard InChI is InChI=1S/C22H26ClNO/c1-17-5-4-6-18(15-17)8-13-22(25)24-14-3-2-7-20(16-24)19-9-11-21(23)12-10-19/h4-6,9-12,15,20H,2-3,7-8,13-14,16H2,1H3. The van der Waals surface area contributed by atoms with Crippen molar-refractivity contribution in [3.63, 3.8) is 0 Å². The number of benzene rings is 2. The van der Waals surface area contributed by atoms with Crippen LogP contribution in [0.3, 0.4) is 0 Å². The minimum atomic E-state index is 0.280. The van der Waals surface area contributed by atoms with Crippen LogP contribution in [0.25, 0.3) is 0 Å². The predicted molar refractivity (Wildman–Crippen MR) is 104 cm³/mol. The van der Waals surface area contributed by atoms with E-state index in [0.29, 0.717) is 12.3 Å². The van der Waals surface area contributed by atoms with E-state index in [-0.39, 0.29) is 5.91 Å². The Kier molecular flexibility index (Phi) is 6.14. The van der Waals surface area contributed by atoms with Crippen molar-refractivity contribution in [2.75, 3.05) is 13.1 Å². The average Bonchev–Trinajstić information content (AvgIpc) is 2.87. The van der Waals surface area contributed by atoms with E-state index in [1.807, 2.05) is 12.1 Å². The molecule has 2 aromatic rings. The molecule has 0 saturated carbocycles. The molecule has 1 aliphatic heterocycles. The molecule has 3 heteroatoms. The fourth-order valence-electron chi connectivity index (χ4n) is 3.65. The smallest absolute Gasteiger partial charge is 0.222 e. The summed E-state index contributed by atoms with van der Waals surface area (Å²) >= 11 is 6.01. The number of carbonyl (C=O) groups excluding carboxylic acids is 1. The Labute approximate surface area is 155 Å². The van der Waals surface area contributed by atoms with E-state index >= 15 is 0 Å². The van der Waals surface area contributed by atoms with Gasteiger partial charge in [0.2, 0.25) is 5.91 Å². The summed E-state index contributed by atoms with van der Waals surface area (Å²) in [5.74, 6) is 0.699. The highest BCUT2D eigenvalue weighted by atomic mass is 35.5. The third-order valence-corrected chi connectivity index (χ3v) is 5.33. The van der Waals surface area contributed by atoms with Gasteiger partial charge in [-0.15, -0.1) is 0 Å². The van der Waals surface area contributed by atoms with Crippen molar-refractivity contribution in [3.05, 3.63) is 70.2 Å². The van der Waals surface area contributed by atoms with Crippen molar-refractivity contribution >= 4 is 17.5 Å². The lowest BCUT2D eigenvalue weighted by Crippen LogP contribution is -2.34. The van der Waals surface area contributed by atoms with Gasteiger partial charge in [-0.1, -0.05) is 60.0 Å². The molecule has 1 amide bonds. The summed E-state index contributed by atoms with van der Waals surface area (Å²) in [5.41, 5.74) is 3.79. The molecular weight excluding hydrogens is 330 g/mol.